The van der Waals surface area contributed by atoms with Crippen molar-refractivity contribution >= 4 is 39.2 Å². The molecule has 0 aliphatic carbocycles. The van der Waals surface area contributed by atoms with Crippen LogP contribution in [0.2, 0.25) is 10.5 Å². The Balaban J connectivity index is 2.40. The standard InChI is InChI=1S/C17H20GeN2O/c1-3-18(4-2)15-9-11(19)5-7-13(15)17(21)14-8-6-12(20)10-16(14)18/h5-10H,3-4,19-20H2,1-2H3. The zero-order chi connectivity index (χ0) is 15.2. The summed E-state index contributed by atoms with van der Waals surface area (Å²) in [5, 5.41) is 2.19. The van der Waals surface area contributed by atoms with E-state index in [2.05, 4.69) is 13.8 Å². The number of anilines is 2. The van der Waals surface area contributed by atoms with E-state index in [-0.39, 0.29) is 5.78 Å². The van der Waals surface area contributed by atoms with Crippen LogP contribution in [-0.4, -0.2) is 19.0 Å². The minimum atomic E-state index is -2.58. The normalized spacial score (nSPS) is 15.4. The summed E-state index contributed by atoms with van der Waals surface area (Å²) in [6.45, 7) is 4.47. The second kappa shape index (κ2) is 4.91. The fraction of sp³-hybridized carbons (Fsp3) is 0.235. The first-order chi connectivity index (χ1) is 10.0. The van der Waals surface area contributed by atoms with E-state index < -0.39 is 13.3 Å². The number of nitrogens with two attached hydrogens (primary N) is 2. The summed E-state index contributed by atoms with van der Waals surface area (Å²) in [5.74, 6) is 0.114. The van der Waals surface area contributed by atoms with E-state index in [4.69, 9.17) is 11.5 Å². The van der Waals surface area contributed by atoms with Crippen LogP contribution in [-0.2, 0) is 0 Å². The molecule has 0 spiro atoms. The van der Waals surface area contributed by atoms with Gasteiger partial charge in [-0.3, -0.25) is 0 Å². The third-order valence-electron chi connectivity index (χ3n) is 4.81. The molecule has 0 aromatic heterocycles. The Bertz CT molecular complexity index is 678. The summed E-state index contributed by atoms with van der Waals surface area (Å²) >= 11 is -2.58. The van der Waals surface area contributed by atoms with Crippen molar-refractivity contribution in [3.8, 4) is 0 Å². The van der Waals surface area contributed by atoms with Crippen LogP contribution in [0, 0.1) is 0 Å². The van der Waals surface area contributed by atoms with E-state index in [1.54, 1.807) is 0 Å². The molecule has 3 rings (SSSR count). The Kier molecular flexibility index (Phi) is 3.32. The number of nitrogen functional groups attached to an aromatic ring is 2. The minimum absolute atomic E-state index is 0.114. The summed E-state index contributed by atoms with van der Waals surface area (Å²) in [4.78, 5) is 12.8. The molecule has 0 fully saturated rings. The van der Waals surface area contributed by atoms with Crippen molar-refractivity contribution in [1.29, 1.82) is 0 Å². The van der Waals surface area contributed by atoms with Crippen LogP contribution in [0.15, 0.2) is 36.4 Å². The summed E-state index contributed by atoms with van der Waals surface area (Å²) < 4.78 is 2.45. The van der Waals surface area contributed by atoms with Crippen LogP contribution in [0.4, 0.5) is 11.4 Å². The Morgan fingerprint density at radius 3 is 1.67 bits per heavy atom. The topological polar surface area (TPSA) is 69.1 Å². The molecule has 0 bridgehead atoms. The summed E-state index contributed by atoms with van der Waals surface area (Å²) in [7, 11) is 0. The monoisotopic (exact) mass is 342 g/mol. The molecule has 3 nitrogen and oxygen atoms in total. The Morgan fingerprint density at radius 2 is 1.29 bits per heavy atom. The first-order valence-corrected chi connectivity index (χ1v) is 12.4. The molecule has 2 aromatic rings. The van der Waals surface area contributed by atoms with Crippen LogP contribution in [0.3, 0.4) is 0 Å². The SMILES string of the molecule is C[CH2][Ge]1([CH2]C)[c]2cc(N)ccc2C(=O)c2ccc(N)c[c]21. The van der Waals surface area contributed by atoms with Crippen LogP contribution in [0.1, 0.15) is 29.8 Å². The number of rotatable bonds is 2. The van der Waals surface area contributed by atoms with Crippen LogP contribution in [0.25, 0.3) is 0 Å². The molecule has 0 saturated heterocycles. The van der Waals surface area contributed by atoms with E-state index in [0.29, 0.717) is 0 Å². The average Bonchev–Trinajstić information content (AvgIpc) is 2.48. The van der Waals surface area contributed by atoms with Crippen LogP contribution in [0.5, 0.6) is 0 Å². The van der Waals surface area contributed by atoms with E-state index in [9.17, 15) is 4.79 Å². The summed E-state index contributed by atoms with van der Waals surface area (Å²) in [6, 6.07) is 11.5. The fourth-order valence-electron chi connectivity index (χ4n) is 3.61. The average molecular weight is 341 g/mol. The molecular weight excluding hydrogens is 321 g/mol. The molecule has 0 saturated carbocycles. The molecule has 1 aliphatic rings. The van der Waals surface area contributed by atoms with Gasteiger partial charge < -0.3 is 0 Å². The second-order valence-electron chi connectivity index (χ2n) is 5.73. The van der Waals surface area contributed by atoms with E-state index in [0.717, 1.165) is 33.0 Å². The zero-order valence-electron chi connectivity index (χ0n) is 12.4. The van der Waals surface area contributed by atoms with Gasteiger partial charge in [-0.2, -0.15) is 0 Å². The second-order valence-corrected chi connectivity index (χ2v) is 15.5. The molecular formula is C17H20GeN2O. The molecule has 0 radical (unpaired) electrons. The molecule has 108 valence electrons. The van der Waals surface area contributed by atoms with Crippen molar-refractivity contribution in [2.24, 2.45) is 0 Å². The predicted octanol–water partition coefficient (Wildman–Crippen LogP) is 2.00. The van der Waals surface area contributed by atoms with Gasteiger partial charge >= 0.3 is 127 Å². The third-order valence-corrected chi connectivity index (χ3v) is 15.9. The molecule has 4 N–H and O–H groups in total. The number of carbonyl (C=O) groups excluding carboxylic acids is 1. The molecule has 0 unspecified atom stereocenters. The van der Waals surface area contributed by atoms with Gasteiger partial charge in [-0.25, -0.2) is 0 Å². The maximum atomic E-state index is 12.8. The van der Waals surface area contributed by atoms with Gasteiger partial charge in [0.05, 0.1) is 0 Å². The van der Waals surface area contributed by atoms with Gasteiger partial charge in [0.2, 0.25) is 0 Å². The van der Waals surface area contributed by atoms with Crippen molar-refractivity contribution in [3.05, 3.63) is 47.5 Å². The summed E-state index contributed by atoms with van der Waals surface area (Å²) in [6.07, 6.45) is 0. The third kappa shape index (κ3) is 1.91. The number of hydrogen-bond acceptors (Lipinski definition) is 3. The van der Waals surface area contributed by atoms with Crippen molar-refractivity contribution in [2.75, 3.05) is 11.5 Å². The Labute approximate surface area is 127 Å². The van der Waals surface area contributed by atoms with Gasteiger partial charge in [0, 0.05) is 0 Å². The molecule has 2 aromatic carbocycles. The van der Waals surface area contributed by atoms with Gasteiger partial charge in [0.25, 0.3) is 0 Å². The Morgan fingerprint density at radius 1 is 0.857 bits per heavy atom. The van der Waals surface area contributed by atoms with E-state index in [1.165, 1.54) is 8.79 Å². The van der Waals surface area contributed by atoms with Gasteiger partial charge in [-0.15, -0.1) is 0 Å². The maximum absolute atomic E-state index is 12.8. The number of ketones is 1. The van der Waals surface area contributed by atoms with Gasteiger partial charge in [-0.1, -0.05) is 0 Å². The van der Waals surface area contributed by atoms with Crippen molar-refractivity contribution in [2.45, 2.75) is 24.4 Å². The van der Waals surface area contributed by atoms with E-state index >= 15 is 0 Å². The molecule has 21 heavy (non-hydrogen) atoms. The number of benzene rings is 2. The predicted molar refractivity (Wildman–Crippen MR) is 91.1 cm³/mol. The molecule has 1 aliphatic heterocycles. The molecule has 4 heteroatoms. The number of hydrogen-bond donors (Lipinski definition) is 2. The van der Waals surface area contributed by atoms with Crippen molar-refractivity contribution in [3.63, 3.8) is 0 Å². The number of carbonyl (C=O) groups is 1. The number of fused-ring (bicyclic) bond motifs is 2. The van der Waals surface area contributed by atoms with Gasteiger partial charge in [0.1, 0.15) is 0 Å². The van der Waals surface area contributed by atoms with Crippen molar-refractivity contribution < 1.29 is 4.79 Å². The molecule has 0 atom stereocenters. The molecule has 1 heterocycles. The van der Waals surface area contributed by atoms with Gasteiger partial charge in [-0.05, 0) is 0 Å². The van der Waals surface area contributed by atoms with Crippen molar-refractivity contribution in [1.82, 2.24) is 0 Å². The van der Waals surface area contributed by atoms with Crippen LogP contribution < -0.4 is 20.3 Å². The quantitative estimate of drug-likeness (QED) is 0.649. The molecule has 0 amide bonds. The first-order valence-electron chi connectivity index (χ1n) is 7.38. The van der Waals surface area contributed by atoms with E-state index in [1.807, 2.05) is 36.4 Å². The summed E-state index contributed by atoms with van der Waals surface area (Å²) in [5.41, 5.74) is 15.2. The zero-order valence-corrected chi connectivity index (χ0v) is 14.5. The Hall–Kier alpha value is -1.75. The van der Waals surface area contributed by atoms with Crippen LogP contribution >= 0.6 is 0 Å². The van der Waals surface area contributed by atoms with Gasteiger partial charge in [0.15, 0.2) is 0 Å². The first kappa shape index (κ1) is 14.2. The fourth-order valence-corrected chi connectivity index (χ4v) is 13.3.